The Hall–Kier alpha value is -6.84. The zero-order valence-corrected chi connectivity index (χ0v) is 27.5. The average molecular weight is 652 g/mol. The van der Waals surface area contributed by atoms with E-state index >= 15 is 0 Å². The number of furan rings is 2. The van der Waals surface area contributed by atoms with Gasteiger partial charge in [0.1, 0.15) is 22.3 Å². The molecule has 3 heterocycles. The Morgan fingerprint density at radius 3 is 1.65 bits per heavy atom. The lowest BCUT2D eigenvalue weighted by molar-refractivity contribution is 0.669. The molecule has 3 heteroatoms. The molecule has 3 aromatic heterocycles. The maximum Gasteiger partial charge on any atom is 0.136 e. The molecule has 0 radical (unpaired) electrons. The van der Waals surface area contributed by atoms with Crippen LogP contribution in [0.3, 0.4) is 0 Å². The normalized spacial score (nSPS) is 11.9. The number of aromatic nitrogens is 1. The van der Waals surface area contributed by atoms with Crippen LogP contribution in [0.1, 0.15) is 0 Å². The summed E-state index contributed by atoms with van der Waals surface area (Å²) < 4.78 is 15.0. The fraction of sp³-hybridized carbons (Fsp3) is 0. The molecule has 0 spiro atoms. The third-order valence-corrected chi connectivity index (χ3v) is 10.4. The van der Waals surface area contributed by atoms with Crippen molar-refractivity contribution in [2.24, 2.45) is 0 Å². The standard InChI is InChI=1S/C48H29NO2/c1-2-8-30(9-3-1)31-14-16-32(17-15-31)33-19-23-44-40(26-33)37-10-4-6-12-43(37)49(44)36-21-25-47-42(29-36)41-27-34(20-24-46(41)50-47)35-18-22-39-38-11-5-7-13-45(38)51-48(39)28-35/h1-29H. The zero-order chi connectivity index (χ0) is 33.5. The number of para-hydroxylation sites is 2. The molecule has 11 aromatic rings. The van der Waals surface area contributed by atoms with Crippen molar-refractivity contribution in [1.29, 1.82) is 0 Å². The highest BCUT2D eigenvalue weighted by Gasteiger charge is 2.16. The second kappa shape index (κ2) is 10.8. The lowest BCUT2D eigenvalue weighted by atomic mass is 9.99. The first-order valence-electron chi connectivity index (χ1n) is 17.3. The van der Waals surface area contributed by atoms with E-state index in [0.29, 0.717) is 0 Å². The molecule has 238 valence electrons. The summed E-state index contributed by atoms with van der Waals surface area (Å²) in [7, 11) is 0. The van der Waals surface area contributed by atoms with Crippen molar-refractivity contribution in [3.05, 3.63) is 176 Å². The van der Waals surface area contributed by atoms with Crippen molar-refractivity contribution in [2.45, 2.75) is 0 Å². The molecule has 0 N–H and O–H groups in total. The van der Waals surface area contributed by atoms with Crippen molar-refractivity contribution < 1.29 is 8.83 Å². The summed E-state index contributed by atoms with van der Waals surface area (Å²) >= 11 is 0. The van der Waals surface area contributed by atoms with Crippen LogP contribution in [-0.2, 0) is 0 Å². The molecule has 3 nitrogen and oxygen atoms in total. The Morgan fingerprint density at radius 2 is 0.784 bits per heavy atom. The number of fused-ring (bicyclic) bond motifs is 9. The van der Waals surface area contributed by atoms with E-state index in [1.54, 1.807) is 0 Å². The van der Waals surface area contributed by atoms with Crippen LogP contribution in [0.15, 0.2) is 185 Å². The van der Waals surface area contributed by atoms with Crippen LogP contribution in [-0.4, -0.2) is 4.57 Å². The molecule has 51 heavy (non-hydrogen) atoms. The van der Waals surface area contributed by atoms with E-state index in [1.165, 1.54) is 44.1 Å². The first kappa shape index (κ1) is 28.0. The van der Waals surface area contributed by atoms with Gasteiger partial charge in [0.15, 0.2) is 0 Å². The predicted molar refractivity (Wildman–Crippen MR) is 212 cm³/mol. The highest BCUT2D eigenvalue weighted by Crippen LogP contribution is 2.39. The summed E-state index contributed by atoms with van der Waals surface area (Å²) in [5.41, 5.74) is 14.1. The summed E-state index contributed by atoms with van der Waals surface area (Å²) in [6, 6.07) is 62.7. The van der Waals surface area contributed by atoms with E-state index in [-0.39, 0.29) is 0 Å². The lowest BCUT2D eigenvalue weighted by Gasteiger charge is -2.09. The van der Waals surface area contributed by atoms with Gasteiger partial charge < -0.3 is 13.4 Å². The van der Waals surface area contributed by atoms with Gasteiger partial charge in [0.05, 0.1) is 11.0 Å². The van der Waals surface area contributed by atoms with Gasteiger partial charge in [0.25, 0.3) is 0 Å². The van der Waals surface area contributed by atoms with Crippen molar-refractivity contribution in [3.63, 3.8) is 0 Å². The summed E-state index contributed by atoms with van der Waals surface area (Å²) in [6.07, 6.45) is 0. The predicted octanol–water partition coefficient (Wildman–Crippen LogP) is 13.6. The molecular formula is C48H29NO2. The molecule has 0 fully saturated rings. The lowest BCUT2D eigenvalue weighted by Crippen LogP contribution is -1.93. The molecular weight excluding hydrogens is 623 g/mol. The smallest absolute Gasteiger partial charge is 0.136 e. The molecule has 0 saturated carbocycles. The van der Waals surface area contributed by atoms with E-state index in [4.69, 9.17) is 8.83 Å². The largest absolute Gasteiger partial charge is 0.456 e. The Bertz CT molecular complexity index is 3120. The van der Waals surface area contributed by atoms with Gasteiger partial charge in [-0.3, -0.25) is 0 Å². The summed E-state index contributed by atoms with van der Waals surface area (Å²) in [5, 5.41) is 6.92. The van der Waals surface area contributed by atoms with E-state index in [9.17, 15) is 0 Å². The fourth-order valence-corrected chi connectivity index (χ4v) is 7.91. The van der Waals surface area contributed by atoms with Crippen LogP contribution in [0.25, 0.3) is 105 Å². The van der Waals surface area contributed by atoms with Crippen molar-refractivity contribution in [1.82, 2.24) is 4.57 Å². The molecule has 0 aliphatic carbocycles. The first-order valence-corrected chi connectivity index (χ1v) is 17.3. The van der Waals surface area contributed by atoms with Crippen molar-refractivity contribution in [3.8, 4) is 39.1 Å². The maximum absolute atomic E-state index is 6.37. The van der Waals surface area contributed by atoms with Crippen LogP contribution in [0.5, 0.6) is 0 Å². The number of nitrogens with zero attached hydrogens (tertiary/aromatic N) is 1. The minimum atomic E-state index is 0.876. The molecule has 8 aromatic carbocycles. The van der Waals surface area contributed by atoms with E-state index in [0.717, 1.165) is 60.7 Å². The van der Waals surface area contributed by atoms with Crippen molar-refractivity contribution >= 4 is 65.7 Å². The molecule has 0 aliphatic rings. The minimum Gasteiger partial charge on any atom is -0.456 e. The van der Waals surface area contributed by atoms with Gasteiger partial charge in [-0.15, -0.1) is 0 Å². The molecule has 0 atom stereocenters. The first-order chi connectivity index (χ1) is 25.2. The number of hydrogen-bond donors (Lipinski definition) is 0. The molecule has 0 amide bonds. The van der Waals surface area contributed by atoms with Gasteiger partial charge in [-0.2, -0.15) is 0 Å². The highest BCUT2D eigenvalue weighted by molar-refractivity contribution is 6.12. The van der Waals surface area contributed by atoms with Gasteiger partial charge in [-0.1, -0.05) is 109 Å². The van der Waals surface area contributed by atoms with Gasteiger partial charge in [0, 0.05) is 38.0 Å². The number of benzene rings is 8. The number of hydrogen-bond acceptors (Lipinski definition) is 2. The van der Waals surface area contributed by atoms with Crippen LogP contribution in [0, 0.1) is 0 Å². The second-order valence-corrected chi connectivity index (χ2v) is 13.3. The Labute approximate surface area is 293 Å². The van der Waals surface area contributed by atoms with Crippen LogP contribution in [0.2, 0.25) is 0 Å². The van der Waals surface area contributed by atoms with E-state index < -0.39 is 0 Å². The summed E-state index contributed by atoms with van der Waals surface area (Å²) in [4.78, 5) is 0. The second-order valence-electron chi connectivity index (χ2n) is 13.3. The minimum absolute atomic E-state index is 0.876. The monoisotopic (exact) mass is 651 g/mol. The van der Waals surface area contributed by atoms with Crippen LogP contribution in [0.4, 0.5) is 0 Å². The van der Waals surface area contributed by atoms with E-state index in [1.807, 2.05) is 12.1 Å². The molecule has 0 saturated heterocycles. The summed E-state index contributed by atoms with van der Waals surface area (Å²) in [5.74, 6) is 0. The number of rotatable bonds is 4. The Balaban J connectivity index is 1.03. The van der Waals surface area contributed by atoms with Gasteiger partial charge in [-0.05, 0) is 100 Å². The third kappa shape index (κ3) is 4.38. The van der Waals surface area contributed by atoms with Crippen LogP contribution >= 0.6 is 0 Å². The quantitative estimate of drug-likeness (QED) is 0.190. The van der Waals surface area contributed by atoms with Gasteiger partial charge in [0.2, 0.25) is 0 Å². The van der Waals surface area contributed by atoms with Gasteiger partial charge >= 0.3 is 0 Å². The van der Waals surface area contributed by atoms with Crippen LogP contribution < -0.4 is 0 Å². The maximum atomic E-state index is 6.37. The zero-order valence-electron chi connectivity index (χ0n) is 27.5. The SMILES string of the molecule is c1ccc(-c2ccc(-c3ccc4c(c3)c3ccccc3n4-c3ccc4oc5ccc(-c6ccc7c(c6)oc6ccccc67)cc5c4c3)cc2)cc1. The van der Waals surface area contributed by atoms with Gasteiger partial charge in [-0.25, -0.2) is 0 Å². The summed E-state index contributed by atoms with van der Waals surface area (Å²) in [6.45, 7) is 0. The molecule has 0 unspecified atom stereocenters. The highest BCUT2D eigenvalue weighted by atomic mass is 16.3. The third-order valence-electron chi connectivity index (χ3n) is 10.4. The Kier molecular flexibility index (Phi) is 5.96. The fourth-order valence-electron chi connectivity index (χ4n) is 7.91. The molecule has 0 aliphatic heterocycles. The van der Waals surface area contributed by atoms with E-state index in [2.05, 4.69) is 168 Å². The Morgan fingerprint density at radius 1 is 0.275 bits per heavy atom. The molecule has 0 bridgehead atoms. The molecule has 11 rings (SSSR count). The van der Waals surface area contributed by atoms with Crippen molar-refractivity contribution in [2.75, 3.05) is 0 Å². The topological polar surface area (TPSA) is 31.2 Å². The average Bonchev–Trinajstić information content (AvgIpc) is 3.86.